The van der Waals surface area contributed by atoms with Crippen molar-refractivity contribution >= 4 is 0 Å². The minimum Gasteiger partial charge on any atom is -0.377 e. The molecule has 0 bridgehead atoms. The van der Waals surface area contributed by atoms with Gasteiger partial charge < -0.3 is 4.74 Å². The van der Waals surface area contributed by atoms with Crippen LogP contribution in [-0.4, -0.2) is 28.5 Å². The smallest absolute Gasteiger partial charge is 0.0745 e. The molecule has 2 unspecified atom stereocenters. The standard InChI is InChI=1S/C15H30N4O/c1-5-9-15(20-8-4)14(17-16)11-13-10-12(6-2)18-19(13)7-3/h10,14-15,17H,5-9,11,16H2,1-4H3. The molecule has 0 aromatic carbocycles. The van der Waals surface area contributed by atoms with Crippen molar-refractivity contribution in [2.75, 3.05) is 6.61 Å². The predicted octanol–water partition coefficient (Wildman–Crippen LogP) is 2.04. The number of ether oxygens (including phenoxy) is 1. The second-order valence-corrected chi connectivity index (χ2v) is 5.06. The quantitative estimate of drug-likeness (QED) is 0.509. The van der Waals surface area contributed by atoms with Crippen LogP contribution in [0.15, 0.2) is 6.07 Å². The predicted molar refractivity (Wildman–Crippen MR) is 82.4 cm³/mol. The maximum Gasteiger partial charge on any atom is 0.0745 e. The van der Waals surface area contributed by atoms with E-state index in [4.69, 9.17) is 10.6 Å². The molecule has 0 aliphatic carbocycles. The molecule has 2 atom stereocenters. The number of rotatable bonds is 10. The summed E-state index contributed by atoms with van der Waals surface area (Å²) in [5.41, 5.74) is 5.30. The van der Waals surface area contributed by atoms with Gasteiger partial charge in [0.2, 0.25) is 0 Å². The van der Waals surface area contributed by atoms with Gasteiger partial charge >= 0.3 is 0 Å². The zero-order valence-electron chi connectivity index (χ0n) is 13.4. The topological polar surface area (TPSA) is 65.1 Å². The van der Waals surface area contributed by atoms with E-state index >= 15 is 0 Å². The van der Waals surface area contributed by atoms with Crippen molar-refractivity contribution in [1.82, 2.24) is 15.2 Å². The highest BCUT2D eigenvalue weighted by molar-refractivity contribution is 5.12. The van der Waals surface area contributed by atoms with E-state index in [1.807, 2.05) is 6.92 Å². The van der Waals surface area contributed by atoms with Crippen LogP contribution in [0.3, 0.4) is 0 Å². The van der Waals surface area contributed by atoms with Crippen LogP contribution in [0.1, 0.15) is 51.9 Å². The van der Waals surface area contributed by atoms with Gasteiger partial charge in [-0.2, -0.15) is 5.10 Å². The third-order valence-electron chi connectivity index (χ3n) is 3.62. The van der Waals surface area contributed by atoms with Crippen molar-refractivity contribution in [3.63, 3.8) is 0 Å². The summed E-state index contributed by atoms with van der Waals surface area (Å²) in [6.07, 6.45) is 4.08. The van der Waals surface area contributed by atoms with Gasteiger partial charge in [-0.05, 0) is 32.8 Å². The minimum absolute atomic E-state index is 0.126. The molecule has 0 fully saturated rings. The highest BCUT2D eigenvalue weighted by Gasteiger charge is 2.22. The normalized spacial score (nSPS) is 14.4. The van der Waals surface area contributed by atoms with Crippen LogP contribution in [0.25, 0.3) is 0 Å². The Bertz CT molecular complexity index is 372. The minimum atomic E-state index is 0.126. The fraction of sp³-hybridized carbons (Fsp3) is 0.800. The lowest BCUT2D eigenvalue weighted by Gasteiger charge is -2.26. The number of nitrogens with zero attached hydrogens (tertiary/aromatic N) is 2. The molecule has 0 amide bonds. The Labute approximate surface area is 122 Å². The van der Waals surface area contributed by atoms with E-state index in [1.54, 1.807) is 0 Å². The first-order valence-corrected chi connectivity index (χ1v) is 7.83. The molecular weight excluding hydrogens is 252 g/mol. The van der Waals surface area contributed by atoms with Crippen LogP contribution in [-0.2, 0) is 24.1 Å². The first-order valence-electron chi connectivity index (χ1n) is 7.83. The zero-order valence-corrected chi connectivity index (χ0v) is 13.4. The average Bonchev–Trinajstić information content (AvgIpc) is 2.86. The lowest BCUT2D eigenvalue weighted by Crippen LogP contribution is -2.47. The van der Waals surface area contributed by atoms with Gasteiger partial charge in [-0.25, -0.2) is 0 Å². The van der Waals surface area contributed by atoms with Gasteiger partial charge in [0.25, 0.3) is 0 Å². The molecule has 0 saturated heterocycles. The summed E-state index contributed by atoms with van der Waals surface area (Å²) < 4.78 is 7.91. The summed E-state index contributed by atoms with van der Waals surface area (Å²) in [6, 6.07) is 2.31. The fourth-order valence-electron chi connectivity index (χ4n) is 2.55. The van der Waals surface area contributed by atoms with Gasteiger partial charge in [-0.1, -0.05) is 20.3 Å². The van der Waals surface area contributed by atoms with E-state index < -0.39 is 0 Å². The Hall–Kier alpha value is -0.910. The van der Waals surface area contributed by atoms with Crippen molar-refractivity contribution < 1.29 is 4.74 Å². The first-order chi connectivity index (χ1) is 9.69. The number of aromatic nitrogens is 2. The van der Waals surface area contributed by atoms with Gasteiger partial charge in [0.15, 0.2) is 0 Å². The number of hydrogen-bond acceptors (Lipinski definition) is 4. The molecule has 20 heavy (non-hydrogen) atoms. The van der Waals surface area contributed by atoms with Crippen molar-refractivity contribution in [2.24, 2.45) is 5.84 Å². The van der Waals surface area contributed by atoms with E-state index in [9.17, 15) is 0 Å². The van der Waals surface area contributed by atoms with Crippen LogP contribution in [0, 0.1) is 0 Å². The summed E-state index contributed by atoms with van der Waals surface area (Å²) in [4.78, 5) is 0. The zero-order chi connectivity index (χ0) is 15.0. The summed E-state index contributed by atoms with van der Waals surface area (Å²) in [5, 5.41) is 4.59. The molecule has 5 nitrogen and oxygen atoms in total. The molecule has 0 aliphatic heterocycles. The van der Waals surface area contributed by atoms with Gasteiger partial charge in [0, 0.05) is 25.3 Å². The van der Waals surface area contributed by atoms with Gasteiger partial charge in [0.1, 0.15) is 0 Å². The summed E-state index contributed by atoms with van der Waals surface area (Å²) >= 11 is 0. The van der Waals surface area contributed by atoms with E-state index in [1.165, 1.54) is 5.69 Å². The maximum atomic E-state index is 5.84. The molecule has 0 aliphatic rings. The van der Waals surface area contributed by atoms with Crippen LogP contribution in [0.2, 0.25) is 0 Å². The number of nitrogens with one attached hydrogen (secondary N) is 1. The van der Waals surface area contributed by atoms with Crippen molar-refractivity contribution in [2.45, 2.75) is 72.1 Å². The van der Waals surface area contributed by atoms with E-state index in [0.717, 1.165) is 44.5 Å². The molecule has 0 saturated carbocycles. The van der Waals surface area contributed by atoms with Gasteiger partial charge in [-0.3, -0.25) is 16.0 Å². The third kappa shape index (κ3) is 4.58. The van der Waals surface area contributed by atoms with Gasteiger partial charge in [-0.15, -0.1) is 0 Å². The Kier molecular flexibility index (Phi) is 7.80. The second kappa shape index (κ2) is 9.10. The van der Waals surface area contributed by atoms with Crippen LogP contribution in [0.4, 0.5) is 0 Å². The SMILES string of the molecule is CCCC(OCC)C(Cc1cc(CC)nn1CC)NN. The van der Waals surface area contributed by atoms with Gasteiger partial charge in [0.05, 0.1) is 17.8 Å². The Balaban J connectivity index is 2.82. The van der Waals surface area contributed by atoms with Crippen molar-refractivity contribution in [3.05, 3.63) is 17.5 Å². The van der Waals surface area contributed by atoms with Crippen LogP contribution >= 0.6 is 0 Å². The Morgan fingerprint density at radius 1 is 1.35 bits per heavy atom. The van der Waals surface area contributed by atoms with E-state index in [0.29, 0.717) is 0 Å². The largest absolute Gasteiger partial charge is 0.377 e. The summed E-state index contributed by atoms with van der Waals surface area (Å²) in [6.45, 7) is 10.1. The molecule has 1 rings (SSSR count). The molecule has 0 radical (unpaired) electrons. The summed E-state index contributed by atoms with van der Waals surface area (Å²) in [7, 11) is 0. The molecule has 1 aromatic heterocycles. The monoisotopic (exact) mass is 282 g/mol. The average molecular weight is 282 g/mol. The van der Waals surface area contributed by atoms with Crippen molar-refractivity contribution in [1.29, 1.82) is 0 Å². The van der Waals surface area contributed by atoms with E-state index in [-0.39, 0.29) is 12.1 Å². The molecule has 3 N–H and O–H groups in total. The highest BCUT2D eigenvalue weighted by Crippen LogP contribution is 2.14. The first kappa shape index (κ1) is 17.1. The molecule has 116 valence electrons. The van der Waals surface area contributed by atoms with Crippen LogP contribution in [0.5, 0.6) is 0 Å². The Morgan fingerprint density at radius 2 is 2.10 bits per heavy atom. The van der Waals surface area contributed by atoms with E-state index in [2.05, 4.69) is 42.0 Å². The molecular formula is C15H30N4O. The number of aryl methyl sites for hydroxylation is 2. The fourth-order valence-corrected chi connectivity index (χ4v) is 2.55. The van der Waals surface area contributed by atoms with Crippen LogP contribution < -0.4 is 11.3 Å². The van der Waals surface area contributed by atoms with Crippen molar-refractivity contribution in [3.8, 4) is 0 Å². The lowest BCUT2D eigenvalue weighted by atomic mass is 10.0. The molecule has 5 heteroatoms. The number of hydrogen-bond donors (Lipinski definition) is 2. The molecule has 1 heterocycles. The third-order valence-corrected chi connectivity index (χ3v) is 3.62. The highest BCUT2D eigenvalue weighted by atomic mass is 16.5. The number of nitrogens with two attached hydrogens (primary N) is 1. The maximum absolute atomic E-state index is 5.84. The molecule has 1 aromatic rings. The molecule has 0 spiro atoms. The number of hydrazine groups is 1. The second-order valence-electron chi connectivity index (χ2n) is 5.06. The Morgan fingerprint density at radius 3 is 2.60 bits per heavy atom. The summed E-state index contributed by atoms with van der Waals surface area (Å²) in [5.74, 6) is 5.75. The lowest BCUT2D eigenvalue weighted by molar-refractivity contribution is 0.0277.